The van der Waals surface area contributed by atoms with Crippen molar-refractivity contribution in [2.45, 2.75) is 25.4 Å². The fourth-order valence-electron chi connectivity index (χ4n) is 2.23. The molecule has 2 rings (SSSR count). The molecular weight excluding hydrogens is 276 g/mol. The lowest BCUT2D eigenvalue weighted by Gasteiger charge is -2.14. The Morgan fingerprint density at radius 1 is 1.65 bits per heavy atom. The Kier molecular flexibility index (Phi) is 5.87. The fraction of sp³-hybridized carbons (Fsp3) is 0.692. The molecule has 0 bridgehead atoms. The van der Waals surface area contributed by atoms with Crippen molar-refractivity contribution in [3.8, 4) is 0 Å². The lowest BCUT2D eigenvalue weighted by Crippen LogP contribution is -2.32. The zero-order chi connectivity index (χ0) is 14.4. The van der Waals surface area contributed by atoms with Crippen LogP contribution in [0.3, 0.4) is 0 Å². The van der Waals surface area contributed by atoms with Gasteiger partial charge < -0.3 is 20.7 Å². The molecule has 0 radical (unpaired) electrons. The minimum Gasteiger partial charge on any atom is -0.391 e. The van der Waals surface area contributed by atoms with E-state index in [4.69, 9.17) is 0 Å². The summed E-state index contributed by atoms with van der Waals surface area (Å²) in [5.41, 5.74) is 1.28. The molecule has 1 aliphatic heterocycles. The molecule has 0 saturated heterocycles. The van der Waals surface area contributed by atoms with Crippen molar-refractivity contribution < 1.29 is 5.11 Å². The van der Waals surface area contributed by atoms with Gasteiger partial charge in [-0.05, 0) is 12.2 Å². The minimum absolute atomic E-state index is 0.117. The second-order valence-electron chi connectivity index (χ2n) is 4.96. The number of anilines is 1. The fourth-order valence-corrected chi connectivity index (χ4v) is 3.08. The van der Waals surface area contributed by atoms with Crippen LogP contribution in [0.2, 0.25) is 0 Å². The summed E-state index contributed by atoms with van der Waals surface area (Å²) in [6.07, 6.45) is 2.25. The van der Waals surface area contributed by atoms with Crippen molar-refractivity contribution in [2.24, 2.45) is 0 Å². The third-order valence-corrected chi connectivity index (χ3v) is 4.54. The lowest BCUT2D eigenvalue weighted by atomic mass is 10.1. The third-order valence-electron chi connectivity index (χ3n) is 3.22. The summed E-state index contributed by atoms with van der Waals surface area (Å²) in [5, 5.41) is 16.2. The molecule has 20 heavy (non-hydrogen) atoms. The predicted octanol–water partition coefficient (Wildman–Crippen LogP) is 0.373. The molecule has 7 heteroatoms. The maximum atomic E-state index is 11.6. The van der Waals surface area contributed by atoms with Gasteiger partial charge in [0.25, 0.3) is 5.56 Å². The Balaban J connectivity index is 1.74. The van der Waals surface area contributed by atoms with Crippen molar-refractivity contribution in [1.29, 1.82) is 0 Å². The number of rotatable bonds is 8. The number of hydrogen-bond donors (Lipinski definition) is 4. The maximum absolute atomic E-state index is 11.6. The highest BCUT2D eigenvalue weighted by atomic mass is 32.2. The largest absolute Gasteiger partial charge is 0.391 e. The van der Waals surface area contributed by atoms with Crippen LogP contribution in [0, 0.1) is 0 Å². The molecule has 1 aromatic heterocycles. The highest BCUT2D eigenvalue weighted by molar-refractivity contribution is 7.99. The smallest absolute Gasteiger partial charge is 0.274 e. The average molecular weight is 298 g/mol. The van der Waals surface area contributed by atoms with Gasteiger partial charge in [-0.1, -0.05) is 6.92 Å². The summed E-state index contributed by atoms with van der Waals surface area (Å²) in [6, 6.07) is 0. The summed E-state index contributed by atoms with van der Waals surface area (Å²) < 4.78 is 0. The number of aliphatic hydroxyl groups is 1. The first-order valence-corrected chi connectivity index (χ1v) is 8.15. The zero-order valence-corrected chi connectivity index (χ0v) is 12.5. The number of aliphatic hydroxyl groups excluding tert-OH is 1. The Labute approximate surface area is 122 Å². The molecule has 1 aliphatic rings. The molecule has 0 saturated carbocycles. The van der Waals surface area contributed by atoms with E-state index in [-0.39, 0.29) is 17.6 Å². The lowest BCUT2D eigenvalue weighted by molar-refractivity contribution is 0.195. The monoisotopic (exact) mass is 298 g/mol. The van der Waals surface area contributed by atoms with Gasteiger partial charge in [-0.15, -0.1) is 0 Å². The van der Waals surface area contributed by atoms with E-state index in [0.29, 0.717) is 25.3 Å². The number of aromatic nitrogens is 2. The van der Waals surface area contributed by atoms with Crippen molar-refractivity contribution in [3.05, 3.63) is 22.4 Å². The van der Waals surface area contributed by atoms with Gasteiger partial charge in [0, 0.05) is 31.3 Å². The van der Waals surface area contributed by atoms with Crippen LogP contribution < -0.4 is 16.2 Å². The quantitative estimate of drug-likeness (QED) is 0.519. The van der Waals surface area contributed by atoms with Crippen LogP contribution in [-0.4, -0.2) is 52.3 Å². The van der Waals surface area contributed by atoms with Crippen LogP contribution in [-0.2, 0) is 0 Å². The van der Waals surface area contributed by atoms with E-state index in [1.165, 1.54) is 6.33 Å². The molecule has 6 nitrogen and oxygen atoms in total. The van der Waals surface area contributed by atoms with Crippen LogP contribution in [0.25, 0.3) is 0 Å². The zero-order valence-electron chi connectivity index (χ0n) is 11.7. The van der Waals surface area contributed by atoms with Gasteiger partial charge >= 0.3 is 0 Å². The normalized spacial score (nSPS) is 18.6. The van der Waals surface area contributed by atoms with Crippen molar-refractivity contribution >= 4 is 17.4 Å². The molecule has 0 aliphatic carbocycles. The topological polar surface area (TPSA) is 90.0 Å². The molecule has 1 aromatic rings. The summed E-state index contributed by atoms with van der Waals surface area (Å²) in [4.78, 5) is 18.4. The highest BCUT2D eigenvalue weighted by Gasteiger charge is 2.25. The molecule has 0 amide bonds. The summed E-state index contributed by atoms with van der Waals surface area (Å²) in [5.74, 6) is 2.03. The molecular formula is C13H22N4O2S. The van der Waals surface area contributed by atoms with Crippen LogP contribution in [0.4, 0.5) is 5.69 Å². The molecule has 0 spiro atoms. The molecule has 4 N–H and O–H groups in total. The molecule has 2 atom stereocenters. The van der Waals surface area contributed by atoms with E-state index >= 15 is 0 Å². The maximum Gasteiger partial charge on any atom is 0.274 e. The van der Waals surface area contributed by atoms with E-state index in [0.717, 1.165) is 23.6 Å². The Morgan fingerprint density at radius 3 is 3.30 bits per heavy atom. The number of fused-ring (bicyclic) bond motifs is 1. The van der Waals surface area contributed by atoms with Crippen LogP contribution in [0.15, 0.2) is 11.1 Å². The Bertz CT molecular complexity index is 480. The first-order valence-electron chi connectivity index (χ1n) is 7.00. The average Bonchev–Trinajstić information content (AvgIpc) is 2.84. The van der Waals surface area contributed by atoms with Gasteiger partial charge in [0.1, 0.15) is 5.69 Å². The molecule has 0 fully saturated rings. The number of H-pyrrole nitrogens is 1. The van der Waals surface area contributed by atoms with Gasteiger partial charge in [-0.2, -0.15) is 11.8 Å². The number of aromatic amines is 1. The number of nitrogens with zero attached hydrogens (tertiary/aromatic N) is 1. The summed E-state index contributed by atoms with van der Waals surface area (Å²) >= 11 is 1.77. The van der Waals surface area contributed by atoms with Crippen LogP contribution in [0.5, 0.6) is 0 Å². The number of nitrogens with one attached hydrogen (secondary N) is 3. The van der Waals surface area contributed by atoms with Crippen molar-refractivity contribution in [1.82, 2.24) is 15.3 Å². The van der Waals surface area contributed by atoms with Gasteiger partial charge in [0.2, 0.25) is 0 Å². The van der Waals surface area contributed by atoms with Gasteiger partial charge in [-0.25, -0.2) is 4.98 Å². The highest BCUT2D eigenvalue weighted by Crippen LogP contribution is 2.24. The summed E-state index contributed by atoms with van der Waals surface area (Å²) in [7, 11) is 0. The van der Waals surface area contributed by atoms with Crippen LogP contribution >= 0.6 is 11.8 Å². The van der Waals surface area contributed by atoms with E-state index < -0.39 is 0 Å². The molecule has 2 unspecified atom stereocenters. The number of thioether (sulfide) groups is 1. The minimum atomic E-state index is -0.326. The standard InChI is InChI=1S/C13H22N4O2S/c1-2-3-20-7-10(18)6-14-4-9-5-15-12-11(9)16-8-17-13(12)19/h8-10,14-15,18H,2-7H2,1H3,(H,16,17,19). The second-order valence-corrected chi connectivity index (χ2v) is 6.11. The Hall–Kier alpha value is -1.05. The van der Waals surface area contributed by atoms with E-state index in [1.807, 2.05) is 0 Å². The van der Waals surface area contributed by atoms with Crippen molar-refractivity contribution in [2.75, 3.05) is 36.5 Å². The first-order chi connectivity index (χ1) is 9.72. The van der Waals surface area contributed by atoms with E-state index in [9.17, 15) is 9.90 Å². The van der Waals surface area contributed by atoms with Gasteiger partial charge in [0.15, 0.2) is 0 Å². The molecule has 112 valence electrons. The summed E-state index contributed by atoms with van der Waals surface area (Å²) in [6.45, 7) is 4.14. The third kappa shape index (κ3) is 3.97. The first kappa shape index (κ1) is 15.3. The van der Waals surface area contributed by atoms with Gasteiger partial charge in [-0.3, -0.25) is 4.79 Å². The predicted molar refractivity (Wildman–Crippen MR) is 82.6 cm³/mol. The van der Waals surface area contributed by atoms with Crippen LogP contribution in [0.1, 0.15) is 25.0 Å². The second kappa shape index (κ2) is 7.66. The van der Waals surface area contributed by atoms with Crippen molar-refractivity contribution in [3.63, 3.8) is 0 Å². The van der Waals surface area contributed by atoms with E-state index in [2.05, 4.69) is 27.5 Å². The van der Waals surface area contributed by atoms with Gasteiger partial charge in [0.05, 0.1) is 18.1 Å². The Morgan fingerprint density at radius 2 is 2.50 bits per heavy atom. The SMILES string of the molecule is CCCSCC(O)CNCC1CNc2c1nc[nH]c2=O. The van der Waals surface area contributed by atoms with E-state index in [1.54, 1.807) is 11.8 Å². The molecule has 0 aromatic carbocycles. The molecule has 2 heterocycles. The number of hydrogen-bond acceptors (Lipinski definition) is 6.